The van der Waals surface area contributed by atoms with Gasteiger partial charge in [0.25, 0.3) is 5.69 Å². The van der Waals surface area contributed by atoms with Gasteiger partial charge in [-0.05, 0) is 31.7 Å². The summed E-state index contributed by atoms with van der Waals surface area (Å²) >= 11 is 0. The van der Waals surface area contributed by atoms with Crippen LogP contribution in [0.15, 0.2) is 18.2 Å². The standard InChI is InChI=1S/C12H15FN2O3/c1-12(7-16,8-2-3-8)14-11-5-4-9(15(17)18)6-10(11)13/h4-6,8,14,16H,2-3,7H2,1H3/t12-/m0/s1. The predicted octanol–water partition coefficient (Wildman–Crippen LogP) is 2.31. The number of nitro groups is 1. The number of hydrogen-bond acceptors (Lipinski definition) is 4. The summed E-state index contributed by atoms with van der Waals surface area (Å²) in [4.78, 5) is 9.86. The van der Waals surface area contributed by atoms with Crippen LogP contribution in [0.4, 0.5) is 15.8 Å². The Hall–Kier alpha value is -1.69. The minimum absolute atomic E-state index is 0.103. The van der Waals surface area contributed by atoms with Crippen LogP contribution >= 0.6 is 0 Å². The van der Waals surface area contributed by atoms with Gasteiger partial charge in [0.1, 0.15) is 0 Å². The number of hydrogen-bond donors (Lipinski definition) is 2. The molecule has 0 amide bonds. The van der Waals surface area contributed by atoms with Crippen molar-refractivity contribution in [1.82, 2.24) is 0 Å². The molecule has 1 aliphatic carbocycles. The second kappa shape index (κ2) is 4.53. The molecule has 1 atom stereocenters. The van der Waals surface area contributed by atoms with Crippen molar-refractivity contribution >= 4 is 11.4 Å². The van der Waals surface area contributed by atoms with Crippen LogP contribution in [-0.4, -0.2) is 22.2 Å². The molecule has 5 nitrogen and oxygen atoms in total. The third-order valence-corrected chi connectivity index (χ3v) is 3.39. The molecule has 1 fully saturated rings. The van der Waals surface area contributed by atoms with E-state index >= 15 is 0 Å². The molecule has 0 aliphatic heterocycles. The van der Waals surface area contributed by atoms with Crippen molar-refractivity contribution in [2.75, 3.05) is 11.9 Å². The smallest absolute Gasteiger partial charge is 0.272 e. The highest BCUT2D eigenvalue weighted by molar-refractivity contribution is 5.52. The first-order chi connectivity index (χ1) is 8.46. The molecular weight excluding hydrogens is 239 g/mol. The van der Waals surface area contributed by atoms with Crippen molar-refractivity contribution in [2.24, 2.45) is 5.92 Å². The second-order valence-electron chi connectivity index (χ2n) is 4.90. The van der Waals surface area contributed by atoms with E-state index in [9.17, 15) is 19.6 Å². The molecule has 1 aromatic carbocycles. The number of non-ortho nitro benzene ring substituents is 1. The molecule has 1 aromatic rings. The molecular formula is C12H15FN2O3. The molecule has 18 heavy (non-hydrogen) atoms. The van der Waals surface area contributed by atoms with E-state index in [1.165, 1.54) is 12.1 Å². The topological polar surface area (TPSA) is 75.4 Å². The number of nitrogens with one attached hydrogen (secondary N) is 1. The third-order valence-electron chi connectivity index (χ3n) is 3.39. The van der Waals surface area contributed by atoms with E-state index < -0.39 is 16.3 Å². The monoisotopic (exact) mass is 254 g/mol. The highest BCUT2D eigenvalue weighted by Crippen LogP contribution is 2.41. The van der Waals surface area contributed by atoms with E-state index in [-0.39, 0.29) is 18.0 Å². The zero-order valence-electron chi connectivity index (χ0n) is 10.0. The van der Waals surface area contributed by atoms with Gasteiger partial charge < -0.3 is 10.4 Å². The highest BCUT2D eigenvalue weighted by atomic mass is 19.1. The number of nitro benzene ring substituents is 1. The average molecular weight is 254 g/mol. The molecule has 0 spiro atoms. The molecule has 2 N–H and O–H groups in total. The Morgan fingerprint density at radius 2 is 2.28 bits per heavy atom. The molecule has 0 heterocycles. The Morgan fingerprint density at radius 1 is 1.61 bits per heavy atom. The molecule has 0 aromatic heterocycles. The molecule has 0 unspecified atom stereocenters. The first kappa shape index (κ1) is 12.8. The summed E-state index contributed by atoms with van der Waals surface area (Å²) in [6.45, 7) is 1.72. The molecule has 2 rings (SSSR count). The third kappa shape index (κ3) is 2.43. The Kier molecular flexibility index (Phi) is 3.21. The van der Waals surface area contributed by atoms with Crippen molar-refractivity contribution < 1.29 is 14.4 Å². The number of aliphatic hydroxyl groups is 1. The molecule has 1 aliphatic rings. The van der Waals surface area contributed by atoms with Crippen LogP contribution in [-0.2, 0) is 0 Å². The Morgan fingerprint density at radius 3 is 2.72 bits per heavy atom. The van der Waals surface area contributed by atoms with E-state index in [0.717, 1.165) is 18.9 Å². The van der Waals surface area contributed by atoms with E-state index in [2.05, 4.69) is 5.32 Å². The summed E-state index contributed by atoms with van der Waals surface area (Å²) in [5.74, 6) is -0.360. The van der Waals surface area contributed by atoms with Crippen LogP contribution in [0.2, 0.25) is 0 Å². The van der Waals surface area contributed by atoms with Gasteiger partial charge in [-0.3, -0.25) is 10.1 Å². The van der Waals surface area contributed by atoms with Crippen molar-refractivity contribution in [3.8, 4) is 0 Å². The fourth-order valence-corrected chi connectivity index (χ4v) is 2.02. The average Bonchev–Trinajstić information content (AvgIpc) is 3.15. The van der Waals surface area contributed by atoms with Crippen LogP contribution in [0.5, 0.6) is 0 Å². The number of halogens is 1. The number of benzene rings is 1. The van der Waals surface area contributed by atoms with Crippen molar-refractivity contribution in [3.05, 3.63) is 34.1 Å². The van der Waals surface area contributed by atoms with E-state index in [0.29, 0.717) is 5.92 Å². The zero-order chi connectivity index (χ0) is 13.3. The van der Waals surface area contributed by atoms with Gasteiger partial charge in [0, 0.05) is 6.07 Å². The van der Waals surface area contributed by atoms with Crippen molar-refractivity contribution in [3.63, 3.8) is 0 Å². The highest BCUT2D eigenvalue weighted by Gasteiger charge is 2.41. The largest absolute Gasteiger partial charge is 0.394 e. The summed E-state index contributed by atoms with van der Waals surface area (Å²) in [6.07, 6.45) is 2.00. The number of nitrogens with zero attached hydrogens (tertiary/aromatic N) is 1. The molecule has 1 saturated carbocycles. The molecule has 0 radical (unpaired) electrons. The quantitative estimate of drug-likeness (QED) is 0.624. The maximum absolute atomic E-state index is 13.7. The van der Waals surface area contributed by atoms with Gasteiger partial charge in [-0.25, -0.2) is 4.39 Å². The van der Waals surface area contributed by atoms with Crippen LogP contribution in [0.1, 0.15) is 19.8 Å². The maximum Gasteiger partial charge on any atom is 0.272 e. The lowest BCUT2D eigenvalue weighted by molar-refractivity contribution is -0.385. The van der Waals surface area contributed by atoms with Crippen LogP contribution in [0, 0.1) is 21.8 Å². The van der Waals surface area contributed by atoms with Crippen molar-refractivity contribution in [2.45, 2.75) is 25.3 Å². The summed E-state index contributed by atoms with van der Waals surface area (Å²) in [6, 6.07) is 3.47. The van der Waals surface area contributed by atoms with Gasteiger partial charge in [-0.1, -0.05) is 0 Å². The summed E-state index contributed by atoms with van der Waals surface area (Å²) < 4.78 is 13.7. The summed E-state index contributed by atoms with van der Waals surface area (Å²) in [7, 11) is 0. The first-order valence-electron chi connectivity index (χ1n) is 5.79. The minimum Gasteiger partial charge on any atom is -0.394 e. The van der Waals surface area contributed by atoms with E-state index in [4.69, 9.17) is 0 Å². The van der Waals surface area contributed by atoms with E-state index in [1.54, 1.807) is 0 Å². The van der Waals surface area contributed by atoms with Gasteiger partial charge in [-0.15, -0.1) is 0 Å². The Labute approximate surface area is 104 Å². The van der Waals surface area contributed by atoms with Crippen LogP contribution in [0.3, 0.4) is 0 Å². The maximum atomic E-state index is 13.7. The van der Waals surface area contributed by atoms with Crippen LogP contribution in [0.25, 0.3) is 0 Å². The summed E-state index contributed by atoms with van der Waals surface area (Å²) in [5, 5.41) is 22.9. The predicted molar refractivity (Wildman–Crippen MR) is 64.9 cm³/mol. The number of anilines is 1. The fourth-order valence-electron chi connectivity index (χ4n) is 2.02. The Balaban J connectivity index is 2.21. The first-order valence-corrected chi connectivity index (χ1v) is 5.79. The zero-order valence-corrected chi connectivity index (χ0v) is 10.0. The van der Waals surface area contributed by atoms with Crippen LogP contribution < -0.4 is 5.32 Å². The molecule has 0 saturated heterocycles. The van der Waals surface area contributed by atoms with E-state index in [1.807, 2.05) is 6.92 Å². The van der Waals surface area contributed by atoms with Gasteiger partial charge in [-0.2, -0.15) is 0 Å². The normalized spacial score (nSPS) is 18.2. The lowest BCUT2D eigenvalue weighted by Gasteiger charge is -2.30. The van der Waals surface area contributed by atoms with Gasteiger partial charge >= 0.3 is 0 Å². The molecule has 0 bridgehead atoms. The van der Waals surface area contributed by atoms with Gasteiger partial charge in [0.15, 0.2) is 5.82 Å². The molecule has 98 valence electrons. The second-order valence-corrected chi connectivity index (χ2v) is 4.90. The van der Waals surface area contributed by atoms with Gasteiger partial charge in [0.2, 0.25) is 0 Å². The number of rotatable bonds is 5. The minimum atomic E-state index is -0.676. The number of aliphatic hydroxyl groups excluding tert-OH is 1. The Bertz CT molecular complexity index is 476. The fraction of sp³-hybridized carbons (Fsp3) is 0.500. The van der Waals surface area contributed by atoms with Gasteiger partial charge in [0.05, 0.1) is 28.8 Å². The summed E-state index contributed by atoms with van der Waals surface area (Å²) in [5.41, 5.74) is -0.670. The molecule has 6 heteroatoms. The lowest BCUT2D eigenvalue weighted by Crippen LogP contribution is -2.41. The SMILES string of the molecule is C[C@@](CO)(Nc1ccc([N+](=O)[O-])cc1F)C1CC1. The lowest BCUT2D eigenvalue weighted by atomic mass is 9.96. The van der Waals surface area contributed by atoms with Crippen molar-refractivity contribution in [1.29, 1.82) is 0 Å².